The van der Waals surface area contributed by atoms with Crippen molar-refractivity contribution in [2.45, 2.75) is 5.92 Å². The summed E-state index contributed by atoms with van der Waals surface area (Å²) in [7, 11) is 2.03. The Labute approximate surface area is 123 Å². The number of halogens is 1. The molecule has 3 rings (SSSR count). The molecule has 1 aliphatic rings. The number of nitrogens with two attached hydrogens (primary N) is 1. The van der Waals surface area contributed by atoms with Gasteiger partial charge >= 0.3 is 0 Å². The van der Waals surface area contributed by atoms with E-state index in [4.69, 9.17) is 22.1 Å². The van der Waals surface area contributed by atoms with Crippen LogP contribution in [0.2, 0.25) is 5.02 Å². The molecule has 1 aliphatic heterocycles. The quantitative estimate of drug-likeness (QED) is 0.878. The fraction of sp³-hybridized carbons (Fsp3) is 0.250. The number of anilines is 2. The fourth-order valence-corrected chi connectivity index (χ4v) is 2.82. The minimum atomic E-state index is 0.356. The SMILES string of the molecule is CN(CC1COc2ccccc21)c1cc(Cl)ccc1N. The zero-order chi connectivity index (χ0) is 14.1. The van der Waals surface area contributed by atoms with Crippen LogP contribution in [0.5, 0.6) is 5.75 Å². The summed E-state index contributed by atoms with van der Waals surface area (Å²) >= 11 is 6.05. The first-order chi connectivity index (χ1) is 9.65. The second-order valence-electron chi connectivity index (χ2n) is 5.13. The molecule has 2 aromatic rings. The number of benzene rings is 2. The van der Waals surface area contributed by atoms with E-state index in [-0.39, 0.29) is 0 Å². The van der Waals surface area contributed by atoms with Crippen LogP contribution in [0.3, 0.4) is 0 Å². The van der Waals surface area contributed by atoms with Crippen molar-refractivity contribution in [3.63, 3.8) is 0 Å². The Bertz CT molecular complexity index is 630. The smallest absolute Gasteiger partial charge is 0.122 e. The standard InChI is InChI=1S/C16H17ClN2O/c1-19(15-8-12(17)6-7-14(15)18)9-11-10-20-16-5-3-2-4-13(11)16/h2-8,11H,9-10,18H2,1H3. The average molecular weight is 289 g/mol. The number of hydrogen-bond acceptors (Lipinski definition) is 3. The highest BCUT2D eigenvalue weighted by molar-refractivity contribution is 6.31. The van der Waals surface area contributed by atoms with Gasteiger partial charge in [-0.05, 0) is 24.3 Å². The van der Waals surface area contributed by atoms with Crippen LogP contribution in [0.25, 0.3) is 0 Å². The number of likely N-dealkylation sites (N-methyl/N-ethyl adjacent to an activating group) is 1. The van der Waals surface area contributed by atoms with Gasteiger partial charge in [0.25, 0.3) is 0 Å². The van der Waals surface area contributed by atoms with E-state index >= 15 is 0 Å². The maximum Gasteiger partial charge on any atom is 0.122 e. The van der Waals surface area contributed by atoms with Gasteiger partial charge in [-0.15, -0.1) is 0 Å². The lowest BCUT2D eigenvalue weighted by molar-refractivity contribution is 0.332. The van der Waals surface area contributed by atoms with Crippen molar-refractivity contribution in [1.29, 1.82) is 0 Å². The predicted molar refractivity (Wildman–Crippen MR) is 83.8 cm³/mol. The summed E-state index contributed by atoms with van der Waals surface area (Å²) in [5.74, 6) is 1.35. The summed E-state index contributed by atoms with van der Waals surface area (Å²) in [6, 6.07) is 13.7. The van der Waals surface area contributed by atoms with Gasteiger partial charge in [-0.2, -0.15) is 0 Å². The molecule has 2 N–H and O–H groups in total. The second-order valence-corrected chi connectivity index (χ2v) is 5.57. The fourth-order valence-electron chi connectivity index (χ4n) is 2.66. The van der Waals surface area contributed by atoms with Crippen LogP contribution >= 0.6 is 11.6 Å². The number of para-hydroxylation sites is 1. The van der Waals surface area contributed by atoms with Crippen molar-refractivity contribution in [3.8, 4) is 5.75 Å². The second kappa shape index (κ2) is 5.25. The first-order valence-electron chi connectivity index (χ1n) is 6.63. The third-order valence-electron chi connectivity index (χ3n) is 3.70. The number of hydrogen-bond donors (Lipinski definition) is 1. The molecule has 0 saturated carbocycles. The first kappa shape index (κ1) is 13.1. The highest BCUT2D eigenvalue weighted by Gasteiger charge is 2.25. The molecule has 0 aromatic heterocycles. The summed E-state index contributed by atoms with van der Waals surface area (Å²) in [6.07, 6.45) is 0. The highest BCUT2D eigenvalue weighted by atomic mass is 35.5. The van der Waals surface area contributed by atoms with Crippen molar-refractivity contribution in [2.75, 3.05) is 30.8 Å². The summed E-state index contributed by atoms with van der Waals surface area (Å²) < 4.78 is 5.72. The van der Waals surface area contributed by atoms with Crippen LogP contribution in [0.4, 0.5) is 11.4 Å². The van der Waals surface area contributed by atoms with Gasteiger partial charge in [0, 0.05) is 30.1 Å². The maximum absolute atomic E-state index is 6.05. The van der Waals surface area contributed by atoms with Crippen LogP contribution in [-0.2, 0) is 0 Å². The van der Waals surface area contributed by atoms with E-state index in [0.29, 0.717) is 17.5 Å². The first-order valence-corrected chi connectivity index (χ1v) is 7.01. The molecule has 1 unspecified atom stereocenters. The molecule has 0 bridgehead atoms. The van der Waals surface area contributed by atoms with Crippen molar-refractivity contribution >= 4 is 23.0 Å². The Balaban J connectivity index is 1.80. The topological polar surface area (TPSA) is 38.5 Å². The van der Waals surface area contributed by atoms with Crippen LogP contribution in [0.15, 0.2) is 42.5 Å². The summed E-state index contributed by atoms with van der Waals surface area (Å²) in [5.41, 5.74) is 8.99. The molecule has 1 atom stereocenters. The molecule has 4 heteroatoms. The summed E-state index contributed by atoms with van der Waals surface area (Å²) in [4.78, 5) is 2.14. The summed E-state index contributed by atoms with van der Waals surface area (Å²) in [6.45, 7) is 1.56. The summed E-state index contributed by atoms with van der Waals surface area (Å²) in [5, 5.41) is 0.698. The van der Waals surface area contributed by atoms with Gasteiger partial charge in [-0.3, -0.25) is 0 Å². The minimum Gasteiger partial charge on any atom is -0.493 e. The number of rotatable bonds is 3. The number of nitrogens with zero attached hydrogens (tertiary/aromatic N) is 1. The normalized spacial score (nSPS) is 16.6. The molecule has 0 radical (unpaired) electrons. The van der Waals surface area contributed by atoms with Crippen molar-refractivity contribution in [2.24, 2.45) is 0 Å². The molecule has 1 heterocycles. The zero-order valence-electron chi connectivity index (χ0n) is 11.3. The van der Waals surface area contributed by atoms with Gasteiger partial charge in [0.15, 0.2) is 0 Å². The lowest BCUT2D eigenvalue weighted by Crippen LogP contribution is -2.25. The average Bonchev–Trinajstić information content (AvgIpc) is 2.85. The third kappa shape index (κ3) is 2.41. The molecule has 104 valence electrons. The van der Waals surface area contributed by atoms with Gasteiger partial charge < -0.3 is 15.4 Å². The van der Waals surface area contributed by atoms with E-state index in [9.17, 15) is 0 Å². The molecule has 0 spiro atoms. The van der Waals surface area contributed by atoms with E-state index in [0.717, 1.165) is 23.7 Å². The number of fused-ring (bicyclic) bond motifs is 1. The molecular formula is C16H17ClN2O. The van der Waals surface area contributed by atoms with E-state index < -0.39 is 0 Å². The Hall–Kier alpha value is -1.87. The number of ether oxygens (including phenoxy) is 1. The Morgan fingerprint density at radius 3 is 2.95 bits per heavy atom. The lowest BCUT2D eigenvalue weighted by Gasteiger charge is -2.24. The Kier molecular flexibility index (Phi) is 3.45. The molecule has 0 fully saturated rings. The third-order valence-corrected chi connectivity index (χ3v) is 3.93. The molecule has 0 amide bonds. The Morgan fingerprint density at radius 2 is 2.10 bits per heavy atom. The molecule has 0 aliphatic carbocycles. The minimum absolute atomic E-state index is 0.356. The van der Waals surface area contributed by atoms with Crippen LogP contribution in [-0.4, -0.2) is 20.2 Å². The van der Waals surface area contributed by atoms with Gasteiger partial charge in [0.05, 0.1) is 18.0 Å². The van der Waals surface area contributed by atoms with Crippen LogP contribution < -0.4 is 15.4 Å². The van der Waals surface area contributed by atoms with E-state index in [1.165, 1.54) is 5.56 Å². The van der Waals surface area contributed by atoms with E-state index in [2.05, 4.69) is 11.0 Å². The van der Waals surface area contributed by atoms with Crippen LogP contribution in [0.1, 0.15) is 11.5 Å². The molecular weight excluding hydrogens is 272 g/mol. The highest BCUT2D eigenvalue weighted by Crippen LogP contribution is 2.35. The number of nitrogen functional groups attached to an aromatic ring is 1. The van der Waals surface area contributed by atoms with Crippen molar-refractivity contribution < 1.29 is 4.74 Å². The zero-order valence-corrected chi connectivity index (χ0v) is 12.1. The van der Waals surface area contributed by atoms with Gasteiger partial charge in [0.1, 0.15) is 5.75 Å². The predicted octanol–water partition coefficient (Wildman–Crippen LogP) is 3.53. The van der Waals surface area contributed by atoms with E-state index in [1.807, 2.05) is 43.4 Å². The molecule has 3 nitrogen and oxygen atoms in total. The van der Waals surface area contributed by atoms with Crippen molar-refractivity contribution in [1.82, 2.24) is 0 Å². The van der Waals surface area contributed by atoms with Gasteiger partial charge in [0.2, 0.25) is 0 Å². The maximum atomic E-state index is 6.05. The molecule has 0 saturated heterocycles. The van der Waals surface area contributed by atoms with Crippen LogP contribution in [0, 0.1) is 0 Å². The van der Waals surface area contributed by atoms with Gasteiger partial charge in [-0.1, -0.05) is 29.8 Å². The molecule has 2 aromatic carbocycles. The van der Waals surface area contributed by atoms with Crippen molar-refractivity contribution in [3.05, 3.63) is 53.1 Å². The van der Waals surface area contributed by atoms with E-state index in [1.54, 1.807) is 0 Å². The molecule has 20 heavy (non-hydrogen) atoms. The Morgan fingerprint density at radius 1 is 1.30 bits per heavy atom. The lowest BCUT2D eigenvalue weighted by atomic mass is 10.0. The van der Waals surface area contributed by atoms with Gasteiger partial charge in [-0.25, -0.2) is 0 Å². The largest absolute Gasteiger partial charge is 0.493 e. The monoisotopic (exact) mass is 288 g/mol.